The molecule has 0 spiro atoms. The SMILES string of the molecule is Nc1cc(N)nc(Sc2nc(N)cc(Br)n2)n1. The summed E-state index contributed by atoms with van der Waals surface area (Å²) in [6.07, 6.45) is 0. The van der Waals surface area contributed by atoms with Gasteiger partial charge in [0.05, 0.1) is 0 Å². The van der Waals surface area contributed by atoms with Gasteiger partial charge in [0.1, 0.15) is 22.1 Å². The van der Waals surface area contributed by atoms with Crippen molar-refractivity contribution in [3.05, 3.63) is 16.7 Å². The number of aromatic nitrogens is 4. The minimum Gasteiger partial charge on any atom is -0.384 e. The predicted molar refractivity (Wildman–Crippen MR) is 69.1 cm³/mol. The van der Waals surface area contributed by atoms with Crippen molar-refractivity contribution in [2.75, 3.05) is 17.2 Å². The highest BCUT2D eigenvalue weighted by molar-refractivity contribution is 9.10. The summed E-state index contributed by atoms with van der Waals surface area (Å²) in [7, 11) is 0. The van der Waals surface area contributed by atoms with Crippen molar-refractivity contribution in [1.82, 2.24) is 19.9 Å². The van der Waals surface area contributed by atoms with Crippen molar-refractivity contribution in [1.29, 1.82) is 0 Å². The highest BCUT2D eigenvalue weighted by atomic mass is 79.9. The Labute approximate surface area is 109 Å². The van der Waals surface area contributed by atoms with Gasteiger partial charge in [0.2, 0.25) is 0 Å². The van der Waals surface area contributed by atoms with Gasteiger partial charge in [-0.15, -0.1) is 0 Å². The highest BCUT2D eigenvalue weighted by Crippen LogP contribution is 2.24. The Hall–Kier alpha value is -1.61. The van der Waals surface area contributed by atoms with Crippen LogP contribution in [0.25, 0.3) is 0 Å². The van der Waals surface area contributed by atoms with Crippen LogP contribution in [0.15, 0.2) is 27.0 Å². The van der Waals surface area contributed by atoms with Gasteiger partial charge in [-0.1, -0.05) is 0 Å². The fraction of sp³-hybridized carbons (Fsp3) is 0. The minimum atomic E-state index is 0.294. The number of anilines is 3. The lowest BCUT2D eigenvalue weighted by Gasteiger charge is -2.02. The fourth-order valence-corrected chi connectivity index (χ4v) is 2.33. The molecule has 7 nitrogen and oxygen atoms in total. The Kier molecular flexibility index (Phi) is 3.29. The van der Waals surface area contributed by atoms with Gasteiger partial charge in [-0.05, 0) is 27.7 Å². The van der Waals surface area contributed by atoms with Crippen molar-refractivity contribution in [2.24, 2.45) is 0 Å². The van der Waals surface area contributed by atoms with E-state index in [1.54, 1.807) is 6.07 Å². The smallest absolute Gasteiger partial charge is 0.199 e. The molecule has 2 aromatic heterocycles. The van der Waals surface area contributed by atoms with Crippen LogP contribution in [0, 0.1) is 0 Å². The van der Waals surface area contributed by atoms with Crippen molar-refractivity contribution >= 4 is 45.1 Å². The Morgan fingerprint density at radius 3 is 1.82 bits per heavy atom. The quantitative estimate of drug-likeness (QED) is 0.551. The number of halogens is 1. The topological polar surface area (TPSA) is 130 Å². The van der Waals surface area contributed by atoms with E-state index in [0.717, 1.165) is 11.8 Å². The Bertz CT molecular complexity index is 472. The monoisotopic (exact) mass is 313 g/mol. The molecule has 0 aliphatic rings. The molecule has 0 saturated carbocycles. The molecule has 0 saturated heterocycles. The van der Waals surface area contributed by atoms with Gasteiger partial charge in [0, 0.05) is 12.1 Å². The second-order valence-corrected chi connectivity index (χ2v) is 4.75. The van der Waals surface area contributed by atoms with Crippen LogP contribution in [0.1, 0.15) is 0 Å². The molecule has 17 heavy (non-hydrogen) atoms. The Morgan fingerprint density at radius 1 is 0.824 bits per heavy atom. The third-order valence-electron chi connectivity index (χ3n) is 1.62. The van der Waals surface area contributed by atoms with E-state index in [1.165, 1.54) is 6.07 Å². The maximum Gasteiger partial charge on any atom is 0.199 e. The summed E-state index contributed by atoms with van der Waals surface area (Å²) in [5.74, 6) is 0.942. The molecule has 9 heteroatoms. The summed E-state index contributed by atoms with van der Waals surface area (Å²) in [5.41, 5.74) is 16.7. The summed E-state index contributed by atoms with van der Waals surface area (Å²) in [6.45, 7) is 0. The molecule has 2 aromatic rings. The van der Waals surface area contributed by atoms with Crippen LogP contribution in [0.2, 0.25) is 0 Å². The van der Waals surface area contributed by atoms with Gasteiger partial charge in [0.15, 0.2) is 10.3 Å². The molecule has 0 radical (unpaired) electrons. The number of nitrogen functional groups attached to an aromatic ring is 3. The van der Waals surface area contributed by atoms with Gasteiger partial charge in [-0.25, -0.2) is 19.9 Å². The lowest BCUT2D eigenvalue weighted by molar-refractivity contribution is 0.929. The first kappa shape index (κ1) is 11.9. The van der Waals surface area contributed by atoms with Gasteiger partial charge < -0.3 is 17.2 Å². The molecule has 2 heterocycles. The summed E-state index contributed by atoms with van der Waals surface area (Å²) in [6, 6.07) is 3.07. The Morgan fingerprint density at radius 2 is 1.29 bits per heavy atom. The maximum atomic E-state index is 5.59. The molecule has 0 amide bonds. The van der Waals surface area contributed by atoms with Crippen molar-refractivity contribution in [2.45, 2.75) is 10.3 Å². The maximum absolute atomic E-state index is 5.59. The zero-order valence-corrected chi connectivity index (χ0v) is 10.9. The Balaban J connectivity index is 2.31. The molecule has 0 atom stereocenters. The van der Waals surface area contributed by atoms with Gasteiger partial charge in [-0.3, -0.25) is 0 Å². The van der Waals surface area contributed by atoms with Gasteiger partial charge in [-0.2, -0.15) is 0 Å². The van der Waals surface area contributed by atoms with Crippen LogP contribution < -0.4 is 17.2 Å². The highest BCUT2D eigenvalue weighted by Gasteiger charge is 2.07. The first-order valence-electron chi connectivity index (χ1n) is 4.41. The van der Waals surface area contributed by atoms with Crippen LogP contribution >= 0.6 is 27.7 Å². The van der Waals surface area contributed by atoms with Crippen LogP contribution in [0.3, 0.4) is 0 Å². The first-order valence-corrected chi connectivity index (χ1v) is 6.02. The van der Waals surface area contributed by atoms with Crippen molar-refractivity contribution < 1.29 is 0 Å². The molecule has 0 aromatic carbocycles. The van der Waals surface area contributed by atoms with Gasteiger partial charge >= 0.3 is 0 Å². The standard InChI is InChI=1S/C8H8BrN7S/c9-3-1-4(10)14-7(13-3)17-8-15-5(11)2-6(12)16-8/h1-2H,(H2,10,13,14)(H4,11,12,15,16). The van der Waals surface area contributed by atoms with E-state index in [1.807, 2.05) is 0 Å². The molecule has 6 N–H and O–H groups in total. The summed E-state index contributed by atoms with van der Waals surface area (Å²) in [5, 5.41) is 0.793. The van der Waals surface area contributed by atoms with Gasteiger partial charge in [0.25, 0.3) is 0 Å². The zero-order valence-electron chi connectivity index (χ0n) is 8.46. The van der Waals surface area contributed by atoms with Crippen LogP contribution in [-0.2, 0) is 0 Å². The van der Waals surface area contributed by atoms with E-state index in [9.17, 15) is 0 Å². The molecule has 88 valence electrons. The average Bonchev–Trinajstić information content (AvgIpc) is 2.13. The van der Waals surface area contributed by atoms with Crippen LogP contribution in [0.5, 0.6) is 0 Å². The van der Waals surface area contributed by atoms with Crippen molar-refractivity contribution in [3.8, 4) is 0 Å². The normalized spacial score (nSPS) is 10.4. The number of hydrogen-bond donors (Lipinski definition) is 3. The lowest BCUT2D eigenvalue weighted by atomic mass is 10.5. The number of nitrogens with two attached hydrogens (primary N) is 3. The molecule has 0 aliphatic carbocycles. The third kappa shape index (κ3) is 3.17. The van der Waals surface area contributed by atoms with E-state index in [2.05, 4.69) is 35.9 Å². The summed E-state index contributed by atoms with van der Waals surface area (Å²) in [4.78, 5) is 16.1. The third-order valence-corrected chi connectivity index (χ3v) is 2.76. The molecule has 0 fully saturated rings. The lowest BCUT2D eigenvalue weighted by Crippen LogP contribution is -2.00. The van der Waals surface area contributed by atoms with Crippen LogP contribution in [0.4, 0.5) is 17.5 Å². The second-order valence-electron chi connectivity index (χ2n) is 3.00. The molecule has 0 unspecified atom stereocenters. The predicted octanol–water partition coefficient (Wildman–Crippen LogP) is 0.927. The number of rotatable bonds is 2. The zero-order chi connectivity index (χ0) is 12.4. The molecule has 0 aliphatic heterocycles. The largest absolute Gasteiger partial charge is 0.384 e. The second kappa shape index (κ2) is 4.72. The average molecular weight is 314 g/mol. The molecular weight excluding hydrogens is 306 g/mol. The van der Waals surface area contributed by atoms with Crippen molar-refractivity contribution in [3.63, 3.8) is 0 Å². The van der Waals surface area contributed by atoms with Crippen LogP contribution in [-0.4, -0.2) is 19.9 Å². The first-order chi connectivity index (χ1) is 8.02. The fourth-order valence-electron chi connectivity index (χ4n) is 1.05. The molecule has 2 rings (SSSR count). The molecular formula is C8H8BrN7S. The van der Waals surface area contributed by atoms with E-state index in [0.29, 0.717) is 32.4 Å². The molecule has 0 bridgehead atoms. The minimum absolute atomic E-state index is 0.294. The number of hydrogen-bond acceptors (Lipinski definition) is 8. The van der Waals surface area contributed by atoms with E-state index in [-0.39, 0.29) is 0 Å². The van der Waals surface area contributed by atoms with E-state index >= 15 is 0 Å². The van der Waals surface area contributed by atoms with E-state index in [4.69, 9.17) is 17.2 Å². The number of nitrogens with zero attached hydrogens (tertiary/aromatic N) is 4. The van der Waals surface area contributed by atoms with E-state index < -0.39 is 0 Å². The summed E-state index contributed by atoms with van der Waals surface area (Å²) < 4.78 is 0.587. The summed E-state index contributed by atoms with van der Waals surface area (Å²) >= 11 is 4.35.